The Balaban J connectivity index is 1.93. The molecule has 1 saturated heterocycles. The fourth-order valence-corrected chi connectivity index (χ4v) is 4.81. The highest BCUT2D eigenvalue weighted by molar-refractivity contribution is 7.91. The summed E-state index contributed by atoms with van der Waals surface area (Å²) in [6, 6.07) is 9.94. The molecular formula is C19H21N3O5S. The van der Waals surface area contributed by atoms with E-state index in [1.807, 2.05) is 30.3 Å². The van der Waals surface area contributed by atoms with Crippen LogP contribution in [0.1, 0.15) is 32.7 Å². The molecule has 9 heteroatoms. The van der Waals surface area contributed by atoms with E-state index < -0.39 is 33.3 Å². The molecule has 2 N–H and O–H groups in total. The van der Waals surface area contributed by atoms with Crippen LogP contribution in [0.3, 0.4) is 0 Å². The van der Waals surface area contributed by atoms with E-state index in [1.54, 1.807) is 0 Å². The van der Waals surface area contributed by atoms with Crippen LogP contribution in [-0.4, -0.2) is 49.4 Å². The zero-order valence-electron chi connectivity index (χ0n) is 15.3. The Hall–Kier alpha value is -2.94. The number of pyridine rings is 1. The molecule has 1 aliphatic rings. The third-order valence-corrected chi connectivity index (χ3v) is 6.35. The predicted molar refractivity (Wildman–Crippen MR) is 104 cm³/mol. The van der Waals surface area contributed by atoms with Gasteiger partial charge in [0.1, 0.15) is 5.56 Å². The SMILES string of the molecule is CNC(=O)c1cc(C(=O)NC2CCS(=O)(=O)C2)cn(Cc2ccccc2)c1=O. The second-order valence-electron chi connectivity index (χ2n) is 6.71. The Labute approximate surface area is 162 Å². The van der Waals surface area contributed by atoms with Crippen LogP contribution in [0.4, 0.5) is 0 Å². The molecule has 2 aromatic rings. The van der Waals surface area contributed by atoms with Crippen LogP contribution in [0.25, 0.3) is 0 Å². The van der Waals surface area contributed by atoms with E-state index >= 15 is 0 Å². The third-order valence-electron chi connectivity index (χ3n) is 4.58. The molecule has 1 aromatic heterocycles. The number of hydrogen-bond acceptors (Lipinski definition) is 5. The van der Waals surface area contributed by atoms with Crippen molar-refractivity contribution in [2.75, 3.05) is 18.6 Å². The first-order chi connectivity index (χ1) is 13.3. The predicted octanol–water partition coefficient (Wildman–Crippen LogP) is 0.173. The number of nitrogens with one attached hydrogen (secondary N) is 2. The van der Waals surface area contributed by atoms with Crippen LogP contribution >= 0.6 is 0 Å². The van der Waals surface area contributed by atoms with Gasteiger partial charge < -0.3 is 15.2 Å². The van der Waals surface area contributed by atoms with Crippen molar-refractivity contribution >= 4 is 21.7 Å². The number of nitrogens with zero attached hydrogens (tertiary/aromatic N) is 1. The molecule has 148 valence electrons. The third kappa shape index (κ3) is 4.48. The molecule has 8 nitrogen and oxygen atoms in total. The van der Waals surface area contributed by atoms with Gasteiger partial charge in [0.05, 0.1) is 23.6 Å². The molecule has 1 fully saturated rings. The second kappa shape index (κ2) is 7.97. The zero-order valence-corrected chi connectivity index (χ0v) is 16.2. The quantitative estimate of drug-likeness (QED) is 0.739. The van der Waals surface area contributed by atoms with E-state index in [4.69, 9.17) is 0 Å². The molecule has 2 heterocycles. The fraction of sp³-hybridized carbons (Fsp3) is 0.316. The molecule has 1 aromatic carbocycles. The van der Waals surface area contributed by atoms with Crippen molar-refractivity contribution in [1.29, 1.82) is 0 Å². The number of carbonyl (C=O) groups excluding carboxylic acids is 2. The van der Waals surface area contributed by atoms with E-state index in [1.165, 1.54) is 23.9 Å². The van der Waals surface area contributed by atoms with Gasteiger partial charge in [0.2, 0.25) is 0 Å². The average molecular weight is 403 g/mol. The Kier molecular flexibility index (Phi) is 5.64. The van der Waals surface area contributed by atoms with E-state index in [2.05, 4.69) is 10.6 Å². The molecule has 0 spiro atoms. The minimum Gasteiger partial charge on any atom is -0.355 e. The molecule has 3 rings (SSSR count). The number of benzene rings is 1. The van der Waals surface area contributed by atoms with Gasteiger partial charge in [-0.05, 0) is 18.1 Å². The van der Waals surface area contributed by atoms with Crippen molar-refractivity contribution in [2.24, 2.45) is 0 Å². The van der Waals surface area contributed by atoms with E-state index in [0.717, 1.165) is 5.56 Å². The summed E-state index contributed by atoms with van der Waals surface area (Å²) in [5.41, 5.74) is 0.304. The summed E-state index contributed by atoms with van der Waals surface area (Å²) in [6.45, 7) is 0.197. The lowest BCUT2D eigenvalue weighted by atomic mass is 10.1. The van der Waals surface area contributed by atoms with Crippen LogP contribution in [-0.2, 0) is 16.4 Å². The Morgan fingerprint density at radius 2 is 1.89 bits per heavy atom. The number of hydrogen-bond donors (Lipinski definition) is 2. The van der Waals surface area contributed by atoms with Gasteiger partial charge in [-0.25, -0.2) is 8.42 Å². The first-order valence-electron chi connectivity index (χ1n) is 8.81. The van der Waals surface area contributed by atoms with Gasteiger partial charge in [-0.3, -0.25) is 14.4 Å². The van der Waals surface area contributed by atoms with Crippen molar-refractivity contribution in [3.8, 4) is 0 Å². The maximum Gasteiger partial charge on any atom is 0.263 e. The molecule has 28 heavy (non-hydrogen) atoms. The normalized spacial score (nSPS) is 17.8. The summed E-state index contributed by atoms with van der Waals surface area (Å²) in [5, 5.41) is 5.08. The lowest BCUT2D eigenvalue weighted by Crippen LogP contribution is -2.38. The highest BCUT2D eigenvalue weighted by Gasteiger charge is 2.29. The molecular weight excluding hydrogens is 382 g/mol. The highest BCUT2D eigenvalue weighted by atomic mass is 32.2. The van der Waals surface area contributed by atoms with Crippen LogP contribution in [0, 0.1) is 0 Å². The van der Waals surface area contributed by atoms with Crippen molar-refractivity contribution in [3.63, 3.8) is 0 Å². The summed E-state index contributed by atoms with van der Waals surface area (Å²) in [4.78, 5) is 37.4. The van der Waals surface area contributed by atoms with Gasteiger partial charge in [0, 0.05) is 19.3 Å². The van der Waals surface area contributed by atoms with Crippen molar-refractivity contribution in [2.45, 2.75) is 19.0 Å². The second-order valence-corrected chi connectivity index (χ2v) is 8.94. The lowest BCUT2D eigenvalue weighted by molar-refractivity contribution is 0.0940. The van der Waals surface area contributed by atoms with Crippen molar-refractivity contribution < 1.29 is 18.0 Å². The topological polar surface area (TPSA) is 114 Å². The van der Waals surface area contributed by atoms with E-state index in [0.29, 0.717) is 6.42 Å². The number of carbonyl (C=O) groups is 2. The van der Waals surface area contributed by atoms with Gasteiger partial charge in [-0.15, -0.1) is 0 Å². The zero-order chi connectivity index (χ0) is 20.3. The van der Waals surface area contributed by atoms with Gasteiger partial charge in [-0.1, -0.05) is 30.3 Å². The number of amides is 2. The molecule has 1 atom stereocenters. The summed E-state index contributed by atoms with van der Waals surface area (Å²) >= 11 is 0. The van der Waals surface area contributed by atoms with Crippen LogP contribution in [0.2, 0.25) is 0 Å². The molecule has 1 aliphatic heterocycles. The first-order valence-corrected chi connectivity index (χ1v) is 10.6. The minimum absolute atomic E-state index is 0.0366. The monoisotopic (exact) mass is 403 g/mol. The Morgan fingerprint density at radius 1 is 1.18 bits per heavy atom. The maximum absolute atomic E-state index is 12.7. The number of rotatable bonds is 5. The summed E-state index contributed by atoms with van der Waals surface area (Å²) < 4.78 is 24.5. The number of aromatic nitrogens is 1. The van der Waals surface area contributed by atoms with E-state index in [9.17, 15) is 22.8 Å². The first kappa shape index (κ1) is 19.8. The van der Waals surface area contributed by atoms with Gasteiger partial charge >= 0.3 is 0 Å². The Morgan fingerprint density at radius 3 is 2.50 bits per heavy atom. The standard InChI is InChI=1S/C19H21N3O5S/c1-20-18(24)16-9-14(17(23)21-15-7-8-28(26,27)12-15)11-22(19(16)25)10-13-5-3-2-4-6-13/h2-6,9,11,15H,7-8,10,12H2,1H3,(H,20,24)(H,21,23). The van der Waals surface area contributed by atoms with Gasteiger partial charge in [-0.2, -0.15) is 0 Å². The molecule has 2 amide bonds. The molecule has 0 bridgehead atoms. The average Bonchev–Trinajstić information content (AvgIpc) is 3.01. The minimum atomic E-state index is -3.14. The van der Waals surface area contributed by atoms with Crippen LogP contribution in [0.5, 0.6) is 0 Å². The smallest absolute Gasteiger partial charge is 0.263 e. The van der Waals surface area contributed by atoms with Crippen molar-refractivity contribution in [3.05, 3.63) is 69.6 Å². The highest BCUT2D eigenvalue weighted by Crippen LogP contribution is 2.13. The molecule has 0 radical (unpaired) electrons. The largest absolute Gasteiger partial charge is 0.355 e. The fourth-order valence-electron chi connectivity index (χ4n) is 3.13. The van der Waals surface area contributed by atoms with Gasteiger partial charge in [0.25, 0.3) is 17.4 Å². The number of sulfone groups is 1. The summed E-state index contributed by atoms with van der Waals surface area (Å²) in [5.74, 6) is -1.18. The summed E-state index contributed by atoms with van der Waals surface area (Å²) in [7, 11) is -1.74. The van der Waals surface area contributed by atoms with E-state index in [-0.39, 0.29) is 29.2 Å². The van der Waals surface area contributed by atoms with Crippen LogP contribution in [0.15, 0.2) is 47.4 Å². The van der Waals surface area contributed by atoms with Crippen LogP contribution < -0.4 is 16.2 Å². The summed E-state index contributed by atoms with van der Waals surface area (Å²) in [6.07, 6.45) is 1.74. The lowest BCUT2D eigenvalue weighted by Gasteiger charge is -2.14. The molecule has 0 saturated carbocycles. The molecule has 0 aliphatic carbocycles. The van der Waals surface area contributed by atoms with Crippen molar-refractivity contribution in [1.82, 2.24) is 15.2 Å². The Bertz CT molecular complexity index is 1060. The van der Waals surface area contributed by atoms with Gasteiger partial charge in [0.15, 0.2) is 9.84 Å². The maximum atomic E-state index is 12.7. The molecule has 1 unspecified atom stereocenters.